The molecule has 17 heavy (non-hydrogen) atoms. The summed E-state index contributed by atoms with van der Waals surface area (Å²) in [5.74, 6) is 0.885. The predicted octanol–water partition coefficient (Wildman–Crippen LogP) is 2.51. The van der Waals surface area contributed by atoms with Crippen LogP contribution in [0.25, 0.3) is 0 Å². The van der Waals surface area contributed by atoms with E-state index in [0.29, 0.717) is 6.54 Å². The molecule has 0 aliphatic rings. The SMILES string of the molecule is C[C@H](NCCO)c1ccc(OC(C)(C)C)cc1. The van der Waals surface area contributed by atoms with E-state index in [9.17, 15) is 0 Å². The topological polar surface area (TPSA) is 41.5 Å². The maximum absolute atomic E-state index is 8.75. The fraction of sp³-hybridized carbons (Fsp3) is 0.571. The number of benzene rings is 1. The van der Waals surface area contributed by atoms with Crippen LogP contribution in [0.5, 0.6) is 5.75 Å². The van der Waals surface area contributed by atoms with Gasteiger partial charge in [0.25, 0.3) is 0 Å². The molecule has 2 N–H and O–H groups in total. The first kappa shape index (κ1) is 14.0. The van der Waals surface area contributed by atoms with Crippen LogP contribution in [0.1, 0.15) is 39.3 Å². The van der Waals surface area contributed by atoms with Crippen molar-refractivity contribution in [3.8, 4) is 5.75 Å². The molecule has 3 nitrogen and oxygen atoms in total. The molecule has 0 spiro atoms. The lowest BCUT2D eigenvalue weighted by atomic mass is 10.1. The second-order valence-corrected chi connectivity index (χ2v) is 5.18. The molecular weight excluding hydrogens is 214 g/mol. The van der Waals surface area contributed by atoms with Gasteiger partial charge in [0.05, 0.1) is 6.61 Å². The van der Waals surface area contributed by atoms with Gasteiger partial charge in [-0.2, -0.15) is 0 Å². The van der Waals surface area contributed by atoms with Crippen LogP contribution in [0.3, 0.4) is 0 Å². The molecule has 0 unspecified atom stereocenters. The van der Waals surface area contributed by atoms with E-state index < -0.39 is 0 Å². The van der Waals surface area contributed by atoms with Gasteiger partial charge in [-0.1, -0.05) is 12.1 Å². The summed E-state index contributed by atoms with van der Waals surface area (Å²) in [7, 11) is 0. The monoisotopic (exact) mass is 237 g/mol. The Morgan fingerprint density at radius 2 is 1.82 bits per heavy atom. The van der Waals surface area contributed by atoms with Gasteiger partial charge in [0.1, 0.15) is 11.4 Å². The molecule has 0 aliphatic heterocycles. The molecule has 0 radical (unpaired) electrons. The van der Waals surface area contributed by atoms with E-state index in [2.05, 4.69) is 24.4 Å². The molecule has 0 saturated heterocycles. The van der Waals surface area contributed by atoms with Crippen molar-refractivity contribution in [1.82, 2.24) is 5.32 Å². The van der Waals surface area contributed by atoms with Crippen LogP contribution < -0.4 is 10.1 Å². The summed E-state index contributed by atoms with van der Waals surface area (Å²) in [5, 5.41) is 12.0. The molecule has 3 heteroatoms. The van der Waals surface area contributed by atoms with Gasteiger partial charge in [0.15, 0.2) is 0 Å². The molecule has 1 rings (SSSR count). The zero-order chi connectivity index (χ0) is 12.9. The molecule has 0 fully saturated rings. The molecule has 0 bridgehead atoms. The highest BCUT2D eigenvalue weighted by Crippen LogP contribution is 2.21. The van der Waals surface area contributed by atoms with E-state index in [4.69, 9.17) is 9.84 Å². The number of rotatable bonds is 5. The molecule has 96 valence electrons. The number of hydrogen-bond donors (Lipinski definition) is 2. The van der Waals surface area contributed by atoms with Gasteiger partial charge in [-0.05, 0) is 45.4 Å². The Labute approximate surface area is 104 Å². The van der Waals surface area contributed by atoms with Gasteiger partial charge < -0.3 is 15.2 Å². The van der Waals surface area contributed by atoms with Crippen molar-refractivity contribution in [3.05, 3.63) is 29.8 Å². The van der Waals surface area contributed by atoms with Crippen molar-refractivity contribution in [2.24, 2.45) is 0 Å². The largest absolute Gasteiger partial charge is 0.488 e. The lowest BCUT2D eigenvalue weighted by Gasteiger charge is -2.22. The zero-order valence-electron chi connectivity index (χ0n) is 11.2. The van der Waals surface area contributed by atoms with Gasteiger partial charge in [0, 0.05) is 12.6 Å². The minimum Gasteiger partial charge on any atom is -0.488 e. The second-order valence-electron chi connectivity index (χ2n) is 5.18. The smallest absolute Gasteiger partial charge is 0.120 e. The van der Waals surface area contributed by atoms with Crippen molar-refractivity contribution in [3.63, 3.8) is 0 Å². The van der Waals surface area contributed by atoms with E-state index in [1.807, 2.05) is 32.9 Å². The van der Waals surface area contributed by atoms with Crippen LogP contribution in [0.2, 0.25) is 0 Å². The Balaban J connectivity index is 2.61. The normalized spacial score (nSPS) is 13.5. The molecule has 0 aliphatic carbocycles. The van der Waals surface area contributed by atoms with Crippen LogP contribution in [0.4, 0.5) is 0 Å². The van der Waals surface area contributed by atoms with Crippen molar-refractivity contribution < 1.29 is 9.84 Å². The second kappa shape index (κ2) is 6.03. The number of aliphatic hydroxyl groups excluding tert-OH is 1. The van der Waals surface area contributed by atoms with Crippen LogP contribution in [0, 0.1) is 0 Å². The fourth-order valence-corrected chi connectivity index (χ4v) is 1.58. The maximum atomic E-state index is 8.75. The Kier molecular flexibility index (Phi) is 4.97. The van der Waals surface area contributed by atoms with Crippen LogP contribution >= 0.6 is 0 Å². The predicted molar refractivity (Wildman–Crippen MR) is 70.3 cm³/mol. The number of aliphatic hydroxyl groups is 1. The molecule has 0 saturated carbocycles. The highest BCUT2D eigenvalue weighted by Gasteiger charge is 2.12. The third-order valence-electron chi connectivity index (χ3n) is 2.37. The first-order valence-electron chi connectivity index (χ1n) is 6.05. The molecule has 0 aromatic heterocycles. The summed E-state index contributed by atoms with van der Waals surface area (Å²) >= 11 is 0. The molecule has 1 atom stereocenters. The van der Waals surface area contributed by atoms with Gasteiger partial charge in [0.2, 0.25) is 0 Å². The van der Waals surface area contributed by atoms with Crippen molar-refractivity contribution >= 4 is 0 Å². The summed E-state index contributed by atoms with van der Waals surface area (Å²) in [4.78, 5) is 0. The molecule has 0 amide bonds. The number of nitrogens with one attached hydrogen (secondary N) is 1. The van der Waals surface area contributed by atoms with Gasteiger partial charge in [-0.25, -0.2) is 0 Å². The average molecular weight is 237 g/mol. The van der Waals surface area contributed by atoms with Crippen LogP contribution in [0.15, 0.2) is 24.3 Å². The minimum absolute atomic E-state index is 0.162. The number of ether oxygens (including phenoxy) is 1. The van der Waals surface area contributed by atoms with E-state index in [1.165, 1.54) is 5.56 Å². The maximum Gasteiger partial charge on any atom is 0.120 e. The van der Waals surface area contributed by atoms with Crippen LogP contribution in [-0.4, -0.2) is 23.9 Å². The lowest BCUT2D eigenvalue weighted by Crippen LogP contribution is -2.23. The highest BCUT2D eigenvalue weighted by atomic mass is 16.5. The summed E-state index contributed by atoms with van der Waals surface area (Å²) in [6.07, 6.45) is 0. The minimum atomic E-state index is -0.164. The first-order valence-corrected chi connectivity index (χ1v) is 6.05. The summed E-state index contributed by atoms with van der Waals surface area (Å²) in [6, 6.07) is 8.31. The lowest BCUT2D eigenvalue weighted by molar-refractivity contribution is 0.131. The van der Waals surface area contributed by atoms with Crippen molar-refractivity contribution in [2.75, 3.05) is 13.2 Å². The quantitative estimate of drug-likeness (QED) is 0.826. The zero-order valence-corrected chi connectivity index (χ0v) is 11.2. The summed E-state index contributed by atoms with van der Waals surface area (Å²) < 4.78 is 5.76. The highest BCUT2D eigenvalue weighted by molar-refractivity contribution is 5.29. The third-order valence-corrected chi connectivity index (χ3v) is 2.37. The summed E-state index contributed by atoms with van der Waals surface area (Å²) in [5.41, 5.74) is 1.03. The Morgan fingerprint density at radius 1 is 1.24 bits per heavy atom. The standard InChI is InChI=1S/C14H23NO2/c1-11(15-9-10-16)12-5-7-13(8-6-12)17-14(2,3)4/h5-8,11,15-16H,9-10H2,1-4H3/t11-/m0/s1. The average Bonchev–Trinajstić information content (AvgIpc) is 2.24. The summed E-state index contributed by atoms with van der Waals surface area (Å²) in [6.45, 7) is 8.96. The molecule has 1 aromatic rings. The van der Waals surface area contributed by atoms with E-state index in [1.54, 1.807) is 0 Å². The van der Waals surface area contributed by atoms with Gasteiger partial charge >= 0.3 is 0 Å². The van der Waals surface area contributed by atoms with Gasteiger partial charge in [-0.15, -0.1) is 0 Å². The van der Waals surface area contributed by atoms with Crippen molar-refractivity contribution in [1.29, 1.82) is 0 Å². The van der Waals surface area contributed by atoms with E-state index in [-0.39, 0.29) is 18.2 Å². The Hall–Kier alpha value is -1.06. The first-order chi connectivity index (χ1) is 7.92. The van der Waals surface area contributed by atoms with Crippen molar-refractivity contribution in [2.45, 2.75) is 39.3 Å². The Morgan fingerprint density at radius 3 is 2.29 bits per heavy atom. The Bertz CT molecular complexity index is 327. The van der Waals surface area contributed by atoms with Crippen LogP contribution in [-0.2, 0) is 0 Å². The van der Waals surface area contributed by atoms with Gasteiger partial charge in [-0.3, -0.25) is 0 Å². The third kappa shape index (κ3) is 5.20. The molecule has 1 aromatic carbocycles. The number of hydrogen-bond acceptors (Lipinski definition) is 3. The van der Waals surface area contributed by atoms with E-state index in [0.717, 1.165) is 5.75 Å². The van der Waals surface area contributed by atoms with E-state index >= 15 is 0 Å². The molecular formula is C14H23NO2. The fourth-order valence-electron chi connectivity index (χ4n) is 1.58. The molecule has 0 heterocycles.